The molecule has 25 heavy (non-hydrogen) atoms. The molecule has 1 amide bonds. The molecule has 0 atom stereocenters. The molecule has 0 aliphatic carbocycles. The number of nitrogens with zero attached hydrogens (tertiary/aromatic N) is 2. The lowest BCUT2D eigenvalue weighted by Gasteiger charge is -2.34. The molecule has 2 aliphatic heterocycles. The third kappa shape index (κ3) is 3.25. The maximum Gasteiger partial charge on any atom is 0.259 e. The highest BCUT2D eigenvalue weighted by Crippen LogP contribution is 2.35. The van der Waals surface area contributed by atoms with Gasteiger partial charge in [0.25, 0.3) is 5.91 Å². The number of para-hydroxylation sites is 1. The first kappa shape index (κ1) is 15.8. The number of benzene rings is 2. The highest BCUT2D eigenvalue weighted by atomic mass is 16.7. The minimum absolute atomic E-state index is 0.152. The number of nitrogens with one attached hydrogen (secondary N) is 1. The number of likely N-dealkylation sites (N-methyl/N-ethyl adjacent to an activating group) is 1. The minimum atomic E-state index is -0.199. The average molecular weight is 339 g/mol. The fourth-order valence-electron chi connectivity index (χ4n) is 3.13. The van der Waals surface area contributed by atoms with Crippen LogP contribution in [0.2, 0.25) is 0 Å². The molecule has 0 saturated carbocycles. The van der Waals surface area contributed by atoms with E-state index in [9.17, 15) is 4.79 Å². The van der Waals surface area contributed by atoms with Crippen LogP contribution in [-0.4, -0.2) is 50.8 Å². The Hall–Kier alpha value is -2.73. The Morgan fingerprint density at radius 3 is 2.52 bits per heavy atom. The van der Waals surface area contributed by atoms with Crippen LogP contribution in [0.1, 0.15) is 10.4 Å². The van der Waals surface area contributed by atoms with Crippen molar-refractivity contribution < 1.29 is 14.3 Å². The van der Waals surface area contributed by atoms with Gasteiger partial charge in [0, 0.05) is 37.6 Å². The summed E-state index contributed by atoms with van der Waals surface area (Å²) in [5.41, 5.74) is 2.43. The van der Waals surface area contributed by atoms with Crippen molar-refractivity contribution in [3.63, 3.8) is 0 Å². The highest BCUT2D eigenvalue weighted by molar-refractivity contribution is 6.06. The molecule has 0 radical (unpaired) electrons. The van der Waals surface area contributed by atoms with Crippen LogP contribution in [0.25, 0.3) is 0 Å². The Bertz CT molecular complexity index is 768. The lowest BCUT2D eigenvalue weighted by atomic mass is 10.1. The van der Waals surface area contributed by atoms with Gasteiger partial charge in [-0.2, -0.15) is 0 Å². The molecule has 1 N–H and O–H groups in total. The zero-order chi connectivity index (χ0) is 17.2. The largest absolute Gasteiger partial charge is 0.454 e. The number of piperazine rings is 1. The van der Waals surface area contributed by atoms with Gasteiger partial charge in [0.15, 0.2) is 11.5 Å². The van der Waals surface area contributed by atoms with Crippen molar-refractivity contribution >= 4 is 17.3 Å². The molecule has 6 nitrogen and oxygen atoms in total. The van der Waals surface area contributed by atoms with Gasteiger partial charge in [-0.05, 0) is 43.4 Å². The molecule has 1 saturated heterocycles. The molecular formula is C19H21N3O3. The molecule has 0 spiro atoms. The number of rotatable bonds is 3. The summed E-state index contributed by atoms with van der Waals surface area (Å²) in [6.07, 6.45) is 0. The van der Waals surface area contributed by atoms with Gasteiger partial charge >= 0.3 is 0 Å². The van der Waals surface area contributed by atoms with Gasteiger partial charge in [0.05, 0.1) is 5.56 Å². The Morgan fingerprint density at radius 1 is 1.00 bits per heavy atom. The summed E-state index contributed by atoms with van der Waals surface area (Å²) in [5, 5.41) is 2.92. The lowest BCUT2D eigenvalue weighted by Crippen LogP contribution is -2.44. The Kier molecular flexibility index (Phi) is 4.19. The number of amides is 1. The van der Waals surface area contributed by atoms with Gasteiger partial charge in [-0.15, -0.1) is 0 Å². The van der Waals surface area contributed by atoms with Crippen molar-refractivity contribution in [3.05, 3.63) is 48.0 Å². The molecule has 130 valence electrons. The van der Waals surface area contributed by atoms with Crippen molar-refractivity contribution in [1.29, 1.82) is 0 Å². The zero-order valence-corrected chi connectivity index (χ0v) is 14.2. The van der Waals surface area contributed by atoms with Crippen LogP contribution in [0.4, 0.5) is 11.4 Å². The molecule has 2 aromatic carbocycles. The first-order valence-electron chi connectivity index (χ1n) is 8.44. The molecular weight excluding hydrogens is 318 g/mol. The van der Waals surface area contributed by atoms with Crippen molar-refractivity contribution in [1.82, 2.24) is 4.90 Å². The van der Waals surface area contributed by atoms with Gasteiger partial charge in [0.1, 0.15) is 0 Å². The quantitative estimate of drug-likeness (QED) is 0.931. The van der Waals surface area contributed by atoms with Gasteiger partial charge in [-0.25, -0.2) is 0 Å². The monoisotopic (exact) mass is 339 g/mol. The molecule has 2 aliphatic rings. The zero-order valence-electron chi connectivity index (χ0n) is 14.2. The first-order valence-corrected chi connectivity index (χ1v) is 8.44. The second-order valence-corrected chi connectivity index (χ2v) is 6.33. The number of fused-ring (bicyclic) bond motifs is 1. The van der Waals surface area contributed by atoms with Gasteiger partial charge in [-0.1, -0.05) is 6.07 Å². The van der Waals surface area contributed by atoms with Crippen LogP contribution in [0.3, 0.4) is 0 Å². The summed E-state index contributed by atoms with van der Waals surface area (Å²) in [4.78, 5) is 17.2. The van der Waals surface area contributed by atoms with E-state index in [0.717, 1.165) is 31.9 Å². The topological polar surface area (TPSA) is 54.0 Å². The summed E-state index contributed by atoms with van der Waals surface area (Å²) >= 11 is 0. The van der Waals surface area contributed by atoms with Crippen molar-refractivity contribution in [2.75, 3.05) is 50.2 Å². The maximum absolute atomic E-state index is 12.5. The molecule has 1 fully saturated rings. The number of hydrogen-bond donors (Lipinski definition) is 1. The molecule has 0 bridgehead atoms. The maximum atomic E-state index is 12.5. The van der Waals surface area contributed by atoms with Gasteiger partial charge in [0.2, 0.25) is 6.79 Å². The number of hydrogen-bond acceptors (Lipinski definition) is 5. The van der Waals surface area contributed by atoms with E-state index in [1.807, 2.05) is 12.1 Å². The number of ether oxygens (including phenoxy) is 2. The van der Waals surface area contributed by atoms with E-state index in [2.05, 4.69) is 34.3 Å². The average Bonchev–Trinajstić information content (AvgIpc) is 3.12. The van der Waals surface area contributed by atoms with Crippen molar-refractivity contribution in [3.8, 4) is 11.5 Å². The Labute approximate surface area is 146 Å². The predicted molar refractivity (Wildman–Crippen MR) is 96.7 cm³/mol. The molecule has 0 unspecified atom stereocenters. The van der Waals surface area contributed by atoms with E-state index in [-0.39, 0.29) is 12.7 Å². The number of anilines is 2. The molecule has 4 rings (SSSR count). The van der Waals surface area contributed by atoms with Crippen molar-refractivity contribution in [2.24, 2.45) is 0 Å². The van der Waals surface area contributed by atoms with Crippen LogP contribution in [-0.2, 0) is 0 Å². The second-order valence-electron chi connectivity index (χ2n) is 6.33. The standard InChI is InChI=1S/C19H21N3O3/c1-21-9-11-22(12-10-21)15-7-5-14(6-8-15)20-19(23)16-3-2-4-17-18(16)25-13-24-17/h2-8H,9-13H2,1H3,(H,20,23). The van der Waals surface area contributed by atoms with Crippen LogP contribution in [0.15, 0.2) is 42.5 Å². The van der Waals surface area contributed by atoms with Crippen LogP contribution >= 0.6 is 0 Å². The lowest BCUT2D eigenvalue weighted by molar-refractivity contribution is 0.102. The van der Waals surface area contributed by atoms with Gasteiger partial charge in [-0.3, -0.25) is 4.79 Å². The van der Waals surface area contributed by atoms with E-state index >= 15 is 0 Å². The van der Waals surface area contributed by atoms with E-state index in [1.165, 1.54) is 5.69 Å². The van der Waals surface area contributed by atoms with Crippen LogP contribution in [0.5, 0.6) is 11.5 Å². The number of carbonyl (C=O) groups is 1. The highest BCUT2D eigenvalue weighted by Gasteiger charge is 2.22. The predicted octanol–water partition coefficient (Wildman–Crippen LogP) is 2.42. The van der Waals surface area contributed by atoms with Gasteiger partial charge < -0.3 is 24.6 Å². The summed E-state index contributed by atoms with van der Waals surface area (Å²) in [6, 6.07) is 13.3. The van der Waals surface area contributed by atoms with E-state index in [1.54, 1.807) is 18.2 Å². The fourth-order valence-corrected chi connectivity index (χ4v) is 3.13. The normalized spacial score (nSPS) is 16.8. The Morgan fingerprint density at radius 2 is 1.76 bits per heavy atom. The molecule has 0 aromatic heterocycles. The molecule has 2 aromatic rings. The Balaban J connectivity index is 1.45. The van der Waals surface area contributed by atoms with Crippen LogP contribution in [0, 0.1) is 0 Å². The minimum Gasteiger partial charge on any atom is -0.454 e. The van der Waals surface area contributed by atoms with E-state index in [4.69, 9.17) is 9.47 Å². The summed E-state index contributed by atoms with van der Waals surface area (Å²) in [6.45, 7) is 4.34. The summed E-state index contributed by atoms with van der Waals surface area (Å²) in [7, 11) is 2.14. The second kappa shape index (κ2) is 6.64. The molecule has 6 heteroatoms. The summed E-state index contributed by atoms with van der Waals surface area (Å²) < 4.78 is 10.7. The van der Waals surface area contributed by atoms with Crippen LogP contribution < -0.4 is 19.7 Å². The number of carbonyl (C=O) groups excluding carboxylic acids is 1. The van der Waals surface area contributed by atoms with E-state index < -0.39 is 0 Å². The fraction of sp³-hybridized carbons (Fsp3) is 0.316. The van der Waals surface area contributed by atoms with Crippen molar-refractivity contribution in [2.45, 2.75) is 0 Å². The third-order valence-corrected chi connectivity index (χ3v) is 4.63. The van der Waals surface area contributed by atoms with E-state index in [0.29, 0.717) is 17.1 Å². The smallest absolute Gasteiger partial charge is 0.259 e. The summed E-state index contributed by atoms with van der Waals surface area (Å²) in [5.74, 6) is 0.918. The third-order valence-electron chi connectivity index (χ3n) is 4.63. The first-order chi connectivity index (χ1) is 12.2. The SMILES string of the molecule is CN1CCN(c2ccc(NC(=O)c3cccc4c3OCO4)cc2)CC1. The molecule has 2 heterocycles.